The molecule has 30 heavy (non-hydrogen) atoms. The molecule has 0 fully saturated rings. The van der Waals surface area contributed by atoms with Gasteiger partial charge >= 0.3 is 11.8 Å². The Balaban J connectivity index is 1.88. The molecule has 2 amide bonds. The molecule has 0 saturated heterocycles. The number of carbonyl (C=O) groups is 2. The molecule has 4 aromatic rings. The van der Waals surface area contributed by atoms with Crippen LogP contribution < -0.4 is 22.0 Å². The lowest BCUT2D eigenvalue weighted by molar-refractivity contribution is 0.0689. The fourth-order valence-electron chi connectivity index (χ4n) is 2.86. The zero-order chi connectivity index (χ0) is 21.4. The van der Waals surface area contributed by atoms with Crippen molar-refractivity contribution in [2.45, 2.75) is 0 Å². The van der Waals surface area contributed by atoms with Crippen molar-refractivity contribution >= 4 is 33.6 Å². The third kappa shape index (κ3) is 2.93. The predicted molar refractivity (Wildman–Crippen MR) is 102 cm³/mol. The first-order chi connectivity index (χ1) is 14.4. The minimum atomic E-state index is -1.17. The van der Waals surface area contributed by atoms with Crippen LogP contribution in [-0.2, 0) is 0 Å². The number of fused-ring (bicyclic) bond motifs is 2. The van der Waals surface area contributed by atoms with E-state index in [1.165, 1.54) is 29.7 Å². The van der Waals surface area contributed by atoms with E-state index in [4.69, 9.17) is 5.21 Å². The van der Waals surface area contributed by atoms with E-state index in [2.05, 4.69) is 15.4 Å². The normalized spacial score (nSPS) is 10.8. The highest BCUT2D eigenvalue weighted by atomic mass is 16.5. The van der Waals surface area contributed by atoms with Crippen LogP contribution in [0.5, 0.6) is 0 Å². The number of rotatable bonds is 3. The van der Waals surface area contributed by atoms with Crippen molar-refractivity contribution in [3.05, 3.63) is 80.9 Å². The van der Waals surface area contributed by atoms with E-state index in [0.717, 1.165) is 0 Å². The highest BCUT2D eigenvalue weighted by Crippen LogP contribution is 2.09. The third-order valence-electron chi connectivity index (χ3n) is 4.25. The van der Waals surface area contributed by atoms with Gasteiger partial charge in [-0.25, -0.2) is 15.4 Å². The molecule has 12 nitrogen and oxygen atoms in total. The maximum Gasteiger partial charge on any atom is 0.312 e. The molecular weight excluding hydrogens is 396 g/mol. The van der Waals surface area contributed by atoms with Gasteiger partial charge in [0.2, 0.25) is 11.6 Å². The second kappa shape index (κ2) is 7.10. The Morgan fingerprint density at radius 2 is 1.33 bits per heavy atom. The smallest absolute Gasteiger partial charge is 0.312 e. The first kappa shape index (κ1) is 18.8. The molecule has 2 aromatic heterocycles. The molecule has 4 N–H and O–H groups in total. The Labute approximate surface area is 165 Å². The van der Waals surface area contributed by atoms with Gasteiger partial charge in [0, 0.05) is 0 Å². The summed E-state index contributed by atoms with van der Waals surface area (Å²) < 4.78 is 0.514. The Morgan fingerprint density at radius 1 is 0.800 bits per heavy atom. The average Bonchev–Trinajstić information content (AvgIpc) is 2.77. The number of benzene rings is 2. The van der Waals surface area contributed by atoms with Crippen molar-refractivity contribution < 1.29 is 20.0 Å². The van der Waals surface area contributed by atoms with Crippen molar-refractivity contribution in [2.24, 2.45) is 0 Å². The van der Waals surface area contributed by atoms with E-state index in [0.29, 0.717) is 4.68 Å². The van der Waals surface area contributed by atoms with E-state index in [1.54, 1.807) is 24.3 Å². The Morgan fingerprint density at radius 3 is 1.93 bits per heavy atom. The lowest BCUT2D eigenvalue weighted by atomic mass is 10.2. The van der Waals surface area contributed by atoms with Crippen LogP contribution in [0.4, 0.5) is 0 Å². The molecule has 150 valence electrons. The van der Waals surface area contributed by atoms with Crippen molar-refractivity contribution in [2.75, 3.05) is 5.43 Å². The average molecular weight is 408 g/mol. The summed E-state index contributed by atoms with van der Waals surface area (Å²) in [4.78, 5) is 57.7. The van der Waals surface area contributed by atoms with E-state index in [-0.39, 0.29) is 26.5 Å². The summed E-state index contributed by atoms with van der Waals surface area (Å²) in [5.74, 6) is -3.71. The number of nitrogens with one attached hydrogen (secondary N) is 2. The van der Waals surface area contributed by atoms with Gasteiger partial charge in [0.05, 0.1) is 21.8 Å². The van der Waals surface area contributed by atoms with Crippen LogP contribution in [0.2, 0.25) is 0 Å². The largest absolute Gasteiger partial charge is 0.423 e. The van der Waals surface area contributed by atoms with Crippen LogP contribution in [-0.4, -0.2) is 41.6 Å². The van der Waals surface area contributed by atoms with Crippen LogP contribution in [0.1, 0.15) is 21.2 Å². The van der Waals surface area contributed by atoms with Crippen LogP contribution in [0.3, 0.4) is 0 Å². The van der Waals surface area contributed by atoms with Gasteiger partial charge in [-0.15, -0.1) is 4.73 Å². The number of nitrogens with zero attached hydrogens (tertiary/aromatic N) is 4. The van der Waals surface area contributed by atoms with Crippen LogP contribution in [0, 0.1) is 0 Å². The molecule has 4 rings (SSSR count). The molecule has 0 bridgehead atoms. The minimum absolute atomic E-state index is 0.0307. The van der Waals surface area contributed by atoms with Crippen LogP contribution in [0.25, 0.3) is 21.8 Å². The van der Waals surface area contributed by atoms with E-state index >= 15 is 0 Å². The zero-order valence-electron chi connectivity index (χ0n) is 14.9. The maximum absolute atomic E-state index is 12.8. The minimum Gasteiger partial charge on any atom is -0.423 e. The number of para-hydroxylation sites is 2. The third-order valence-corrected chi connectivity index (χ3v) is 4.25. The number of aromatic nitrogens is 4. The highest BCUT2D eigenvalue weighted by Gasteiger charge is 2.22. The Hall–Kier alpha value is -4.58. The number of amides is 2. The van der Waals surface area contributed by atoms with E-state index in [1.807, 2.05) is 0 Å². The maximum atomic E-state index is 12.8. The molecule has 0 aliphatic rings. The van der Waals surface area contributed by atoms with Crippen molar-refractivity contribution in [1.29, 1.82) is 0 Å². The van der Waals surface area contributed by atoms with Gasteiger partial charge in [0.15, 0.2) is 0 Å². The number of hydrogen-bond acceptors (Lipinski definition) is 8. The Bertz CT molecular complexity index is 1460. The van der Waals surface area contributed by atoms with Gasteiger partial charge in [-0.3, -0.25) is 29.8 Å². The zero-order valence-corrected chi connectivity index (χ0v) is 14.9. The molecule has 2 aromatic carbocycles. The van der Waals surface area contributed by atoms with Gasteiger partial charge in [0.25, 0.3) is 11.1 Å². The van der Waals surface area contributed by atoms with E-state index in [9.17, 15) is 24.4 Å². The summed E-state index contributed by atoms with van der Waals surface area (Å²) in [5.41, 5.74) is 1.97. The van der Waals surface area contributed by atoms with Crippen molar-refractivity contribution in [3.8, 4) is 0 Å². The van der Waals surface area contributed by atoms with Crippen LogP contribution in [0.15, 0.2) is 58.1 Å². The molecule has 0 unspecified atom stereocenters. The number of hydroxylamine groups is 1. The molecule has 0 atom stereocenters. The summed E-state index contributed by atoms with van der Waals surface area (Å²) in [7, 11) is 0. The van der Waals surface area contributed by atoms with E-state index < -0.39 is 34.6 Å². The summed E-state index contributed by atoms with van der Waals surface area (Å²) in [6.07, 6.45) is 0. The first-order valence-electron chi connectivity index (χ1n) is 8.41. The molecular formula is C18H12N6O6. The second-order valence-corrected chi connectivity index (χ2v) is 6.04. The summed E-state index contributed by atoms with van der Waals surface area (Å²) in [6, 6.07) is 12.0. The SMILES string of the molecule is O=C(Nn1c(C(=O)NO)nc2ccccc2c1=O)c1nc2ccccc2c(=O)n1O. The molecule has 0 spiro atoms. The Kier molecular flexibility index (Phi) is 4.44. The number of hydrogen-bond donors (Lipinski definition) is 4. The summed E-state index contributed by atoms with van der Waals surface area (Å²) in [5, 5.41) is 19.2. The molecule has 0 aliphatic heterocycles. The van der Waals surface area contributed by atoms with Gasteiger partial charge in [-0.1, -0.05) is 24.3 Å². The topological polar surface area (TPSA) is 168 Å². The fourth-order valence-corrected chi connectivity index (χ4v) is 2.86. The fraction of sp³-hybridized carbons (Fsp3) is 0. The van der Waals surface area contributed by atoms with Gasteiger partial charge < -0.3 is 5.21 Å². The standard InChI is InChI=1S/C18H12N6O6/c25-15(14-20-12-8-4-2-6-10(12)18(28)24(14)30)21-23-13(16(26)22-29)19-11-7-3-1-5-9(11)17(23)27/h1-8,29-30H,(H,21,25)(H,22,26). The molecule has 12 heteroatoms. The predicted octanol–water partition coefficient (Wildman–Crippen LogP) is -0.153. The lowest BCUT2D eigenvalue weighted by Gasteiger charge is -2.13. The van der Waals surface area contributed by atoms with Crippen molar-refractivity contribution in [1.82, 2.24) is 24.9 Å². The summed E-state index contributed by atoms with van der Waals surface area (Å²) >= 11 is 0. The lowest BCUT2D eigenvalue weighted by Crippen LogP contribution is -2.41. The monoisotopic (exact) mass is 408 g/mol. The van der Waals surface area contributed by atoms with Gasteiger partial charge in [-0.05, 0) is 24.3 Å². The summed E-state index contributed by atoms with van der Waals surface area (Å²) in [6.45, 7) is 0. The molecule has 0 saturated carbocycles. The highest BCUT2D eigenvalue weighted by molar-refractivity contribution is 6.00. The molecule has 0 radical (unpaired) electrons. The molecule has 2 heterocycles. The first-order valence-corrected chi connectivity index (χ1v) is 8.41. The van der Waals surface area contributed by atoms with Gasteiger partial charge in [-0.2, -0.15) is 4.68 Å². The van der Waals surface area contributed by atoms with Crippen molar-refractivity contribution in [3.63, 3.8) is 0 Å². The quantitative estimate of drug-likeness (QED) is 0.206. The second-order valence-electron chi connectivity index (χ2n) is 6.04. The molecule has 0 aliphatic carbocycles. The van der Waals surface area contributed by atoms with Gasteiger partial charge in [0.1, 0.15) is 0 Å². The number of carbonyl (C=O) groups excluding carboxylic acids is 2. The van der Waals surface area contributed by atoms with Crippen LogP contribution >= 0.6 is 0 Å².